The fourth-order valence-corrected chi connectivity index (χ4v) is 3.80. The minimum atomic E-state index is -3.56. The molecule has 2 saturated heterocycles. The number of nitrogens with one attached hydrogen (secondary N) is 2. The highest BCUT2D eigenvalue weighted by atomic mass is 32.2. The Balaban J connectivity index is 1.87. The summed E-state index contributed by atoms with van der Waals surface area (Å²) >= 11 is 0. The molecule has 0 bridgehead atoms. The van der Waals surface area contributed by atoms with E-state index in [4.69, 9.17) is 0 Å². The first-order chi connectivity index (χ1) is 11.6. The van der Waals surface area contributed by atoms with Crippen LogP contribution >= 0.6 is 0 Å². The molecule has 1 aromatic carbocycles. The number of imide groups is 1. The van der Waals surface area contributed by atoms with Crippen molar-refractivity contribution in [2.45, 2.75) is 23.3 Å². The van der Waals surface area contributed by atoms with Crippen LogP contribution in [0.25, 0.3) is 0 Å². The molecule has 25 heavy (non-hydrogen) atoms. The maximum Gasteiger partial charge on any atom is 0.322 e. The molecule has 134 valence electrons. The lowest BCUT2D eigenvalue weighted by Gasteiger charge is -2.37. The molecule has 1 aromatic rings. The van der Waals surface area contributed by atoms with Crippen LogP contribution in [0.1, 0.15) is 12.8 Å². The van der Waals surface area contributed by atoms with E-state index in [9.17, 15) is 28.1 Å². The number of hydrogen-bond donors (Lipinski definition) is 2. The smallest absolute Gasteiger partial charge is 0.322 e. The molecule has 2 fully saturated rings. The van der Waals surface area contributed by atoms with Crippen molar-refractivity contribution in [2.24, 2.45) is 0 Å². The predicted octanol–water partition coefficient (Wildman–Crippen LogP) is 0.177. The topological polar surface area (TPSA) is 139 Å². The molecule has 1 spiro atoms. The summed E-state index contributed by atoms with van der Waals surface area (Å²) in [6, 6.07) is 3.23. The van der Waals surface area contributed by atoms with Gasteiger partial charge in [0.15, 0.2) is 9.84 Å². The molecule has 2 aliphatic rings. The molecule has 0 atom stereocenters. The summed E-state index contributed by atoms with van der Waals surface area (Å²) in [4.78, 5) is 35.6. The SMILES string of the molecule is CS(=O)(=O)c1ccc(N2CCC3(CC2)NC(=O)NC3=O)c([N+](=O)[O-])c1. The third-order valence-corrected chi connectivity index (χ3v) is 5.65. The minimum absolute atomic E-state index is 0.126. The van der Waals surface area contributed by atoms with Gasteiger partial charge in [-0.1, -0.05) is 0 Å². The van der Waals surface area contributed by atoms with Gasteiger partial charge in [0.2, 0.25) is 0 Å². The lowest BCUT2D eigenvalue weighted by Crippen LogP contribution is -2.55. The average molecular weight is 368 g/mol. The van der Waals surface area contributed by atoms with Crippen molar-refractivity contribution in [3.05, 3.63) is 28.3 Å². The quantitative estimate of drug-likeness (QED) is 0.441. The number of amides is 3. The van der Waals surface area contributed by atoms with E-state index < -0.39 is 26.3 Å². The average Bonchev–Trinajstić information content (AvgIpc) is 2.80. The molecule has 0 saturated carbocycles. The number of piperidine rings is 1. The fraction of sp³-hybridized carbons (Fsp3) is 0.429. The second-order valence-electron chi connectivity index (χ2n) is 6.16. The number of sulfone groups is 1. The molecule has 2 aliphatic heterocycles. The second-order valence-corrected chi connectivity index (χ2v) is 8.17. The zero-order valence-corrected chi connectivity index (χ0v) is 14.1. The molecular weight excluding hydrogens is 352 g/mol. The Morgan fingerprint density at radius 1 is 1.24 bits per heavy atom. The molecule has 3 rings (SSSR count). The first kappa shape index (κ1) is 17.1. The first-order valence-corrected chi connectivity index (χ1v) is 9.39. The van der Waals surface area contributed by atoms with E-state index in [2.05, 4.69) is 10.6 Å². The van der Waals surface area contributed by atoms with Crippen LogP contribution in [0.3, 0.4) is 0 Å². The summed E-state index contributed by atoms with van der Waals surface area (Å²) in [6.07, 6.45) is 1.59. The molecule has 3 amide bonds. The van der Waals surface area contributed by atoms with E-state index in [0.717, 1.165) is 12.3 Å². The third-order valence-electron chi connectivity index (χ3n) is 4.54. The summed E-state index contributed by atoms with van der Waals surface area (Å²) in [5, 5.41) is 16.2. The summed E-state index contributed by atoms with van der Waals surface area (Å²) < 4.78 is 23.2. The van der Waals surface area contributed by atoms with Gasteiger partial charge in [-0.3, -0.25) is 20.2 Å². The zero-order valence-electron chi connectivity index (χ0n) is 13.3. The lowest BCUT2D eigenvalue weighted by molar-refractivity contribution is -0.384. The normalized spacial score (nSPS) is 19.6. The molecule has 2 N–H and O–H groups in total. The van der Waals surface area contributed by atoms with Crippen LogP contribution in [-0.4, -0.2) is 50.2 Å². The van der Waals surface area contributed by atoms with Crippen molar-refractivity contribution < 1.29 is 22.9 Å². The van der Waals surface area contributed by atoms with E-state index in [1.54, 1.807) is 4.90 Å². The van der Waals surface area contributed by atoms with Gasteiger partial charge in [-0.05, 0) is 25.0 Å². The number of benzene rings is 1. The Morgan fingerprint density at radius 3 is 2.36 bits per heavy atom. The number of urea groups is 1. The van der Waals surface area contributed by atoms with Crippen LogP contribution in [0.2, 0.25) is 0 Å². The van der Waals surface area contributed by atoms with Gasteiger partial charge in [0, 0.05) is 25.4 Å². The Bertz CT molecular complexity index is 873. The van der Waals surface area contributed by atoms with Gasteiger partial charge in [0.25, 0.3) is 11.6 Å². The number of rotatable bonds is 3. The van der Waals surface area contributed by atoms with Gasteiger partial charge >= 0.3 is 6.03 Å². The molecule has 10 nitrogen and oxygen atoms in total. The van der Waals surface area contributed by atoms with Crippen molar-refractivity contribution in [2.75, 3.05) is 24.2 Å². The number of nitrogens with zero attached hydrogens (tertiary/aromatic N) is 2. The number of hydrogen-bond acceptors (Lipinski definition) is 7. The van der Waals surface area contributed by atoms with Crippen LogP contribution in [0.5, 0.6) is 0 Å². The van der Waals surface area contributed by atoms with Crippen molar-refractivity contribution in [1.29, 1.82) is 0 Å². The summed E-state index contributed by atoms with van der Waals surface area (Å²) in [5.74, 6) is -0.390. The highest BCUT2D eigenvalue weighted by molar-refractivity contribution is 7.90. The van der Waals surface area contributed by atoms with E-state index in [-0.39, 0.29) is 22.2 Å². The van der Waals surface area contributed by atoms with Crippen molar-refractivity contribution in [3.63, 3.8) is 0 Å². The van der Waals surface area contributed by atoms with E-state index in [0.29, 0.717) is 25.9 Å². The molecule has 0 aliphatic carbocycles. The third kappa shape index (κ3) is 3.02. The Hall–Kier alpha value is -2.69. The Labute approximate surface area is 143 Å². The Kier molecular flexibility index (Phi) is 3.90. The van der Waals surface area contributed by atoms with Crippen LogP contribution in [-0.2, 0) is 14.6 Å². The van der Waals surface area contributed by atoms with Crippen LogP contribution < -0.4 is 15.5 Å². The largest absolute Gasteiger partial charge is 0.366 e. The van der Waals surface area contributed by atoms with Gasteiger partial charge in [0.1, 0.15) is 11.2 Å². The van der Waals surface area contributed by atoms with Crippen molar-refractivity contribution >= 4 is 33.2 Å². The standard InChI is InChI=1S/C14H16N4O6S/c1-25(23,24)9-2-3-10(11(8-9)18(21)22)17-6-4-14(5-7-17)12(19)15-13(20)16-14/h2-3,8H,4-7H2,1H3,(H2,15,16,19,20). The zero-order chi connectivity index (χ0) is 18.4. The van der Waals surface area contributed by atoms with Gasteiger partial charge in [-0.15, -0.1) is 0 Å². The minimum Gasteiger partial charge on any atom is -0.366 e. The van der Waals surface area contributed by atoms with Gasteiger partial charge in [0.05, 0.1) is 9.82 Å². The van der Waals surface area contributed by atoms with Crippen LogP contribution in [0.4, 0.5) is 16.2 Å². The lowest BCUT2D eigenvalue weighted by atomic mass is 9.87. The maximum absolute atomic E-state index is 11.9. The Morgan fingerprint density at radius 2 is 1.88 bits per heavy atom. The van der Waals surface area contributed by atoms with E-state index in [1.807, 2.05) is 0 Å². The molecule has 2 heterocycles. The monoisotopic (exact) mass is 368 g/mol. The van der Waals surface area contributed by atoms with Crippen LogP contribution in [0, 0.1) is 10.1 Å². The second kappa shape index (κ2) is 5.69. The summed E-state index contributed by atoms with van der Waals surface area (Å²) in [7, 11) is -3.56. The van der Waals surface area contributed by atoms with Gasteiger partial charge < -0.3 is 10.2 Å². The first-order valence-electron chi connectivity index (χ1n) is 7.49. The molecule has 0 radical (unpaired) electrons. The fourth-order valence-electron chi connectivity index (χ4n) is 3.16. The van der Waals surface area contributed by atoms with Crippen molar-refractivity contribution in [3.8, 4) is 0 Å². The number of carbonyl (C=O) groups excluding carboxylic acids is 2. The maximum atomic E-state index is 11.9. The molecule has 0 unspecified atom stereocenters. The molecule has 11 heteroatoms. The number of nitro benzene ring substituents is 1. The van der Waals surface area contributed by atoms with E-state index in [1.165, 1.54) is 12.1 Å². The summed E-state index contributed by atoms with van der Waals surface area (Å²) in [6.45, 7) is 0.625. The number of carbonyl (C=O) groups is 2. The van der Waals surface area contributed by atoms with Gasteiger partial charge in [-0.2, -0.15) is 0 Å². The molecule has 0 aromatic heterocycles. The number of nitro groups is 1. The van der Waals surface area contributed by atoms with Crippen molar-refractivity contribution in [1.82, 2.24) is 10.6 Å². The number of anilines is 1. The summed E-state index contributed by atoms with van der Waals surface area (Å²) in [5.41, 5.74) is -0.995. The molecular formula is C14H16N4O6S. The highest BCUT2D eigenvalue weighted by Crippen LogP contribution is 2.35. The van der Waals surface area contributed by atoms with Gasteiger partial charge in [-0.25, -0.2) is 13.2 Å². The van der Waals surface area contributed by atoms with E-state index >= 15 is 0 Å². The predicted molar refractivity (Wildman–Crippen MR) is 87.1 cm³/mol. The highest BCUT2D eigenvalue weighted by Gasteiger charge is 2.48. The van der Waals surface area contributed by atoms with Crippen LogP contribution in [0.15, 0.2) is 23.1 Å².